The number of nitrogens with zero attached hydrogens (tertiary/aromatic N) is 3. The van der Waals surface area contributed by atoms with Crippen LogP contribution in [0.25, 0.3) is 32.7 Å². The molecule has 130 valence electrons. The number of fused-ring (bicyclic) bond motifs is 1. The summed E-state index contributed by atoms with van der Waals surface area (Å²) < 4.78 is 1.05. The molecule has 0 unspecified atom stereocenters. The van der Waals surface area contributed by atoms with Crippen molar-refractivity contribution in [2.75, 3.05) is 18.4 Å². The molecule has 0 spiro atoms. The second-order valence-electron chi connectivity index (χ2n) is 6.04. The van der Waals surface area contributed by atoms with Gasteiger partial charge in [-0.15, -0.1) is 11.3 Å². The molecule has 1 aromatic carbocycles. The van der Waals surface area contributed by atoms with Crippen molar-refractivity contribution < 1.29 is 0 Å². The summed E-state index contributed by atoms with van der Waals surface area (Å²) in [5, 5.41) is 5.49. The van der Waals surface area contributed by atoms with E-state index in [2.05, 4.69) is 46.9 Å². The number of nitrogens with two attached hydrogens (primary N) is 1. The molecule has 5 nitrogen and oxygen atoms in total. The van der Waals surface area contributed by atoms with Crippen molar-refractivity contribution in [3.63, 3.8) is 0 Å². The molecule has 0 atom stereocenters. The van der Waals surface area contributed by atoms with Gasteiger partial charge in [0, 0.05) is 42.0 Å². The molecule has 4 rings (SSSR count). The van der Waals surface area contributed by atoms with E-state index in [1.165, 1.54) is 5.56 Å². The standard InChI is InChI=1S/C20H19N5S/c1-13-2-4-14(5-3-13)16-12-26-18-17(16)24-19(15-6-9-22-10-7-15)25-20(18)23-11-8-21/h2-7,9-10,12H,8,11,21H2,1H3,(H,23,24,25). The summed E-state index contributed by atoms with van der Waals surface area (Å²) in [7, 11) is 0. The van der Waals surface area contributed by atoms with Gasteiger partial charge in [0.25, 0.3) is 0 Å². The fraction of sp³-hybridized carbons (Fsp3) is 0.150. The topological polar surface area (TPSA) is 76.7 Å². The molecule has 0 amide bonds. The van der Waals surface area contributed by atoms with Gasteiger partial charge >= 0.3 is 0 Å². The van der Waals surface area contributed by atoms with Crippen LogP contribution >= 0.6 is 11.3 Å². The third-order valence-corrected chi connectivity index (χ3v) is 5.13. The van der Waals surface area contributed by atoms with E-state index in [1.807, 2.05) is 12.1 Å². The summed E-state index contributed by atoms with van der Waals surface area (Å²) in [6.45, 7) is 3.31. The van der Waals surface area contributed by atoms with Crippen LogP contribution in [0.3, 0.4) is 0 Å². The molecule has 0 bridgehead atoms. The van der Waals surface area contributed by atoms with E-state index in [1.54, 1.807) is 23.7 Å². The lowest BCUT2D eigenvalue weighted by Gasteiger charge is -2.09. The van der Waals surface area contributed by atoms with E-state index in [4.69, 9.17) is 15.7 Å². The third kappa shape index (κ3) is 3.16. The van der Waals surface area contributed by atoms with E-state index in [0.29, 0.717) is 18.9 Å². The van der Waals surface area contributed by atoms with Crippen LogP contribution < -0.4 is 11.1 Å². The van der Waals surface area contributed by atoms with Crippen LogP contribution in [-0.2, 0) is 0 Å². The number of rotatable bonds is 5. The van der Waals surface area contributed by atoms with Gasteiger partial charge in [-0.05, 0) is 24.6 Å². The first kappa shape index (κ1) is 16.6. The van der Waals surface area contributed by atoms with Gasteiger partial charge in [0.05, 0.1) is 10.2 Å². The quantitative estimate of drug-likeness (QED) is 0.560. The maximum Gasteiger partial charge on any atom is 0.162 e. The van der Waals surface area contributed by atoms with Gasteiger partial charge in [-0.25, -0.2) is 9.97 Å². The van der Waals surface area contributed by atoms with Gasteiger partial charge in [-0.3, -0.25) is 4.98 Å². The predicted molar refractivity (Wildman–Crippen MR) is 108 cm³/mol. The molecule has 6 heteroatoms. The van der Waals surface area contributed by atoms with Crippen LogP contribution in [0.5, 0.6) is 0 Å². The number of hydrogen-bond donors (Lipinski definition) is 2. The smallest absolute Gasteiger partial charge is 0.162 e. The van der Waals surface area contributed by atoms with Crippen molar-refractivity contribution in [3.05, 3.63) is 59.7 Å². The molecule has 3 heterocycles. The second kappa shape index (κ2) is 7.19. The number of nitrogens with one attached hydrogen (secondary N) is 1. The predicted octanol–water partition coefficient (Wildman–Crippen LogP) is 4.10. The Labute approximate surface area is 156 Å². The third-order valence-electron chi connectivity index (χ3n) is 4.15. The van der Waals surface area contributed by atoms with Crippen LogP contribution in [0, 0.1) is 6.92 Å². The monoisotopic (exact) mass is 361 g/mol. The van der Waals surface area contributed by atoms with Crippen molar-refractivity contribution in [1.29, 1.82) is 0 Å². The Bertz CT molecular complexity index is 1030. The Kier molecular flexibility index (Phi) is 4.60. The molecule has 0 radical (unpaired) electrons. The van der Waals surface area contributed by atoms with Gasteiger partial charge in [-0.2, -0.15) is 0 Å². The average Bonchev–Trinajstić information content (AvgIpc) is 3.11. The normalized spacial score (nSPS) is 11.0. The van der Waals surface area contributed by atoms with E-state index < -0.39 is 0 Å². The molecule has 26 heavy (non-hydrogen) atoms. The van der Waals surface area contributed by atoms with Gasteiger partial charge in [0.15, 0.2) is 5.82 Å². The van der Waals surface area contributed by atoms with Crippen molar-refractivity contribution in [2.45, 2.75) is 6.92 Å². The van der Waals surface area contributed by atoms with Gasteiger partial charge in [0.1, 0.15) is 5.82 Å². The van der Waals surface area contributed by atoms with Crippen LogP contribution in [0.4, 0.5) is 5.82 Å². The SMILES string of the molecule is Cc1ccc(-c2csc3c(NCCN)nc(-c4ccncc4)nc23)cc1. The summed E-state index contributed by atoms with van der Waals surface area (Å²) in [5.74, 6) is 1.52. The molecule has 0 saturated heterocycles. The van der Waals surface area contributed by atoms with Crippen molar-refractivity contribution in [3.8, 4) is 22.5 Å². The lowest BCUT2D eigenvalue weighted by Crippen LogP contribution is -2.14. The van der Waals surface area contributed by atoms with Crippen LogP contribution in [-0.4, -0.2) is 28.0 Å². The summed E-state index contributed by atoms with van der Waals surface area (Å²) in [5.41, 5.74) is 11.1. The minimum Gasteiger partial charge on any atom is -0.367 e. The molecule has 0 aliphatic rings. The average molecular weight is 361 g/mol. The largest absolute Gasteiger partial charge is 0.367 e. The van der Waals surface area contributed by atoms with Crippen molar-refractivity contribution in [1.82, 2.24) is 15.0 Å². The number of anilines is 1. The zero-order chi connectivity index (χ0) is 17.9. The molecule has 0 aliphatic heterocycles. The Morgan fingerprint density at radius 3 is 2.50 bits per heavy atom. The van der Waals surface area contributed by atoms with Gasteiger partial charge < -0.3 is 11.1 Å². The Morgan fingerprint density at radius 2 is 1.77 bits per heavy atom. The summed E-state index contributed by atoms with van der Waals surface area (Å²) in [6, 6.07) is 12.4. The van der Waals surface area contributed by atoms with E-state index in [-0.39, 0.29) is 0 Å². The highest BCUT2D eigenvalue weighted by Gasteiger charge is 2.15. The minimum absolute atomic E-state index is 0.548. The van der Waals surface area contributed by atoms with Crippen LogP contribution in [0.15, 0.2) is 54.2 Å². The summed E-state index contributed by atoms with van der Waals surface area (Å²) in [6.07, 6.45) is 3.51. The van der Waals surface area contributed by atoms with E-state index in [9.17, 15) is 0 Å². The number of thiophene rings is 1. The van der Waals surface area contributed by atoms with E-state index >= 15 is 0 Å². The first-order valence-corrected chi connectivity index (χ1v) is 9.35. The first-order chi connectivity index (χ1) is 12.8. The van der Waals surface area contributed by atoms with Crippen LogP contribution in [0.1, 0.15) is 5.56 Å². The van der Waals surface area contributed by atoms with Gasteiger partial charge in [-0.1, -0.05) is 29.8 Å². The molecule has 0 fully saturated rings. The van der Waals surface area contributed by atoms with Gasteiger partial charge in [0.2, 0.25) is 0 Å². The maximum atomic E-state index is 5.67. The van der Waals surface area contributed by atoms with Crippen molar-refractivity contribution in [2.24, 2.45) is 5.73 Å². The number of hydrogen-bond acceptors (Lipinski definition) is 6. The fourth-order valence-corrected chi connectivity index (χ4v) is 3.78. The number of benzene rings is 1. The van der Waals surface area contributed by atoms with Crippen LogP contribution in [0.2, 0.25) is 0 Å². The summed E-state index contributed by atoms with van der Waals surface area (Å²) in [4.78, 5) is 13.7. The lowest BCUT2D eigenvalue weighted by atomic mass is 10.1. The molecule has 4 aromatic rings. The second-order valence-corrected chi connectivity index (χ2v) is 6.92. The molecule has 3 aromatic heterocycles. The molecular formula is C20H19N5S. The maximum absolute atomic E-state index is 5.67. The molecule has 0 saturated carbocycles. The highest BCUT2D eigenvalue weighted by Crippen LogP contribution is 2.37. The molecule has 0 aliphatic carbocycles. The number of aromatic nitrogens is 3. The fourth-order valence-electron chi connectivity index (χ4n) is 2.80. The Balaban J connectivity index is 1.91. The highest BCUT2D eigenvalue weighted by molar-refractivity contribution is 7.18. The van der Waals surface area contributed by atoms with E-state index in [0.717, 1.165) is 32.7 Å². The summed E-state index contributed by atoms with van der Waals surface area (Å²) >= 11 is 1.65. The lowest BCUT2D eigenvalue weighted by molar-refractivity contribution is 1.01. The molecular weight excluding hydrogens is 342 g/mol. The highest BCUT2D eigenvalue weighted by atomic mass is 32.1. The van der Waals surface area contributed by atoms with Crippen molar-refractivity contribution >= 4 is 27.4 Å². The number of pyridine rings is 1. The first-order valence-electron chi connectivity index (χ1n) is 8.47. The zero-order valence-corrected chi connectivity index (χ0v) is 15.3. The number of aryl methyl sites for hydroxylation is 1. The Morgan fingerprint density at radius 1 is 1.00 bits per heavy atom. The molecule has 3 N–H and O–H groups in total. The minimum atomic E-state index is 0.548. The zero-order valence-electron chi connectivity index (χ0n) is 14.4. The Hall–Kier alpha value is -2.83.